The van der Waals surface area contributed by atoms with Crippen LogP contribution in [0.5, 0.6) is 5.75 Å². The first kappa shape index (κ1) is 18.8. The van der Waals surface area contributed by atoms with E-state index < -0.39 is 5.97 Å². The minimum Gasteiger partial charge on any atom is -0.468 e. The molecular weight excluding hydrogens is 391 g/mol. The van der Waals surface area contributed by atoms with Gasteiger partial charge in [0.1, 0.15) is 0 Å². The van der Waals surface area contributed by atoms with Gasteiger partial charge in [0.2, 0.25) is 0 Å². The predicted octanol–water partition coefficient (Wildman–Crippen LogP) is 3.70. The number of amidine groups is 1. The van der Waals surface area contributed by atoms with Crippen molar-refractivity contribution in [2.24, 2.45) is 10.9 Å². The molecule has 0 aliphatic rings. The minimum absolute atomic E-state index is 0.00611. The van der Waals surface area contributed by atoms with Crippen LogP contribution in [0.1, 0.15) is 16.1 Å². The van der Waals surface area contributed by atoms with Crippen LogP contribution in [0, 0.1) is 0 Å². The van der Waals surface area contributed by atoms with Gasteiger partial charge in [-0.05, 0) is 18.2 Å². The third-order valence-corrected chi connectivity index (χ3v) is 4.00. The number of benzene rings is 2. The van der Waals surface area contributed by atoms with Gasteiger partial charge in [0.25, 0.3) is 0 Å². The van der Waals surface area contributed by atoms with Crippen molar-refractivity contribution >= 4 is 35.0 Å². The van der Waals surface area contributed by atoms with Gasteiger partial charge in [-0.15, -0.1) is 0 Å². The third-order valence-electron chi connectivity index (χ3n) is 3.41. The lowest BCUT2D eigenvalue weighted by atomic mass is 10.2. The lowest BCUT2D eigenvalue weighted by Gasteiger charge is -2.09. The van der Waals surface area contributed by atoms with Crippen LogP contribution >= 0.6 is 23.2 Å². The molecular formula is C18H14Cl2N4O3. The zero-order valence-electron chi connectivity index (χ0n) is 13.9. The van der Waals surface area contributed by atoms with Crippen LogP contribution in [-0.4, -0.2) is 21.6 Å². The van der Waals surface area contributed by atoms with E-state index in [2.05, 4.69) is 10.3 Å². The predicted molar refractivity (Wildman–Crippen MR) is 102 cm³/mol. The summed E-state index contributed by atoms with van der Waals surface area (Å²) in [6, 6.07) is 15.4. The molecule has 27 heavy (non-hydrogen) atoms. The number of rotatable bonds is 6. The van der Waals surface area contributed by atoms with Gasteiger partial charge in [0.15, 0.2) is 24.0 Å². The maximum Gasteiger partial charge on any atom is 0.385 e. The molecule has 0 aliphatic carbocycles. The van der Waals surface area contributed by atoms with Crippen LogP contribution < -0.4 is 10.5 Å². The summed E-state index contributed by atoms with van der Waals surface area (Å²) in [5.41, 5.74) is 6.46. The fraction of sp³-hybridized carbons (Fsp3) is 0.0556. The molecule has 9 heteroatoms. The SMILES string of the molecule is N/C(=N\OC(=O)c1ccn(COc2c(Cl)cccc2Cl)n1)c1ccccc1. The Bertz CT molecular complexity index is 953. The van der Waals surface area contributed by atoms with E-state index in [1.165, 1.54) is 10.7 Å². The molecule has 2 N–H and O–H groups in total. The summed E-state index contributed by atoms with van der Waals surface area (Å²) in [7, 11) is 0. The van der Waals surface area contributed by atoms with Crippen LogP contribution in [-0.2, 0) is 11.6 Å². The van der Waals surface area contributed by atoms with Gasteiger partial charge < -0.3 is 15.3 Å². The van der Waals surface area contributed by atoms with Gasteiger partial charge in [-0.2, -0.15) is 5.10 Å². The number of para-hydroxylation sites is 1. The Morgan fingerprint density at radius 2 is 1.78 bits per heavy atom. The normalized spacial score (nSPS) is 11.3. The molecule has 0 fully saturated rings. The number of oxime groups is 1. The average Bonchev–Trinajstić information content (AvgIpc) is 3.15. The smallest absolute Gasteiger partial charge is 0.385 e. The molecule has 7 nitrogen and oxygen atoms in total. The van der Waals surface area contributed by atoms with E-state index in [-0.39, 0.29) is 18.3 Å². The van der Waals surface area contributed by atoms with E-state index >= 15 is 0 Å². The molecule has 0 unspecified atom stereocenters. The molecule has 0 spiro atoms. The number of aromatic nitrogens is 2. The molecule has 0 saturated carbocycles. The van der Waals surface area contributed by atoms with Crippen molar-refractivity contribution in [3.63, 3.8) is 0 Å². The molecule has 3 aromatic rings. The molecule has 0 radical (unpaired) electrons. The zero-order valence-corrected chi connectivity index (χ0v) is 15.4. The van der Waals surface area contributed by atoms with Gasteiger partial charge in [0.05, 0.1) is 10.0 Å². The summed E-state index contributed by atoms with van der Waals surface area (Å²) in [4.78, 5) is 16.9. The Hall–Kier alpha value is -3.03. The van der Waals surface area contributed by atoms with Crippen LogP contribution in [0.4, 0.5) is 0 Å². The number of nitrogens with zero attached hydrogens (tertiary/aromatic N) is 3. The number of carbonyl (C=O) groups is 1. The first-order chi connectivity index (χ1) is 13.0. The van der Waals surface area contributed by atoms with Crippen molar-refractivity contribution < 1.29 is 14.4 Å². The molecule has 2 aromatic carbocycles. The third kappa shape index (κ3) is 4.78. The molecule has 138 valence electrons. The fourth-order valence-corrected chi connectivity index (χ4v) is 2.60. The maximum atomic E-state index is 12.0. The molecule has 0 aliphatic heterocycles. The van der Waals surface area contributed by atoms with Gasteiger partial charge >= 0.3 is 5.97 Å². The lowest BCUT2D eigenvalue weighted by molar-refractivity contribution is 0.0507. The summed E-state index contributed by atoms with van der Waals surface area (Å²) in [5, 5.41) is 8.43. The average molecular weight is 405 g/mol. The number of halogens is 2. The second-order valence-corrected chi connectivity index (χ2v) is 6.10. The second-order valence-electron chi connectivity index (χ2n) is 5.29. The standard InChI is InChI=1S/C18H14Cl2N4O3/c19-13-7-4-8-14(20)16(13)26-11-24-10-9-15(22-24)18(25)27-23-17(21)12-5-2-1-3-6-12/h1-10H,11H2,(H2,21,23). The van der Waals surface area contributed by atoms with Crippen molar-refractivity contribution in [1.29, 1.82) is 0 Å². The Balaban J connectivity index is 1.61. The number of ether oxygens (including phenoxy) is 1. The highest BCUT2D eigenvalue weighted by molar-refractivity contribution is 6.37. The minimum atomic E-state index is -0.747. The van der Waals surface area contributed by atoms with E-state index in [9.17, 15) is 4.79 Å². The first-order valence-electron chi connectivity index (χ1n) is 7.75. The Morgan fingerprint density at radius 1 is 1.07 bits per heavy atom. The van der Waals surface area contributed by atoms with Gasteiger partial charge in [-0.3, -0.25) is 0 Å². The highest BCUT2D eigenvalue weighted by Crippen LogP contribution is 2.32. The molecule has 1 aromatic heterocycles. The monoisotopic (exact) mass is 404 g/mol. The largest absolute Gasteiger partial charge is 0.468 e. The highest BCUT2D eigenvalue weighted by Gasteiger charge is 2.13. The maximum absolute atomic E-state index is 12.0. The van der Waals surface area contributed by atoms with E-state index in [4.69, 9.17) is 38.5 Å². The quantitative estimate of drug-likeness (QED) is 0.292. The summed E-state index contributed by atoms with van der Waals surface area (Å²) >= 11 is 12.1. The zero-order chi connectivity index (χ0) is 19.2. The molecule has 3 rings (SSSR count). The summed E-state index contributed by atoms with van der Waals surface area (Å²) in [5.74, 6) is -0.329. The van der Waals surface area contributed by atoms with Crippen LogP contribution in [0.2, 0.25) is 10.0 Å². The molecule has 0 amide bonds. The Kier molecular flexibility index (Phi) is 5.95. The van der Waals surface area contributed by atoms with E-state index in [1.807, 2.05) is 6.07 Å². The molecule has 0 saturated heterocycles. The Morgan fingerprint density at radius 3 is 2.48 bits per heavy atom. The topological polar surface area (TPSA) is 91.7 Å². The summed E-state index contributed by atoms with van der Waals surface area (Å²) < 4.78 is 6.93. The van der Waals surface area contributed by atoms with Crippen molar-refractivity contribution in [2.75, 3.05) is 0 Å². The first-order valence-corrected chi connectivity index (χ1v) is 8.50. The number of carbonyl (C=O) groups excluding carboxylic acids is 1. The summed E-state index contributed by atoms with van der Waals surface area (Å²) in [6.07, 6.45) is 1.55. The highest BCUT2D eigenvalue weighted by atomic mass is 35.5. The summed E-state index contributed by atoms with van der Waals surface area (Å²) in [6.45, 7) is 0.00611. The van der Waals surface area contributed by atoms with Crippen LogP contribution in [0.3, 0.4) is 0 Å². The van der Waals surface area contributed by atoms with E-state index in [0.29, 0.717) is 21.4 Å². The van der Waals surface area contributed by atoms with Gasteiger partial charge in [-0.1, -0.05) is 64.8 Å². The van der Waals surface area contributed by atoms with Crippen LogP contribution in [0.25, 0.3) is 0 Å². The fourth-order valence-electron chi connectivity index (χ4n) is 2.09. The second kappa shape index (κ2) is 8.57. The van der Waals surface area contributed by atoms with Crippen molar-refractivity contribution in [2.45, 2.75) is 6.73 Å². The van der Waals surface area contributed by atoms with Crippen molar-refractivity contribution in [3.8, 4) is 5.75 Å². The Labute approximate surface area is 164 Å². The number of nitrogens with two attached hydrogens (primary N) is 1. The van der Waals surface area contributed by atoms with E-state index in [0.717, 1.165) is 0 Å². The van der Waals surface area contributed by atoms with Gasteiger partial charge in [0, 0.05) is 11.8 Å². The van der Waals surface area contributed by atoms with Gasteiger partial charge in [-0.25, -0.2) is 9.48 Å². The molecule has 1 heterocycles. The van der Waals surface area contributed by atoms with E-state index in [1.54, 1.807) is 48.7 Å². The van der Waals surface area contributed by atoms with Crippen LogP contribution in [0.15, 0.2) is 65.9 Å². The molecule has 0 bridgehead atoms. The number of hydrogen-bond acceptors (Lipinski definition) is 5. The molecule has 0 atom stereocenters. The lowest BCUT2D eigenvalue weighted by Crippen LogP contribution is -2.15. The number of hydrogen-bond donors (Lipinski definition) is 1. The van der Waals surface area contributed by atoms with Crippen molar-refractivity contribution in [3.05, 3.63) is 82.1 Å². The van der Waals surface area contributed by atoms with Crippen molar-refractivity contribution in [1.82, 2.24) is 9.78 Å².